The summed E-state index contributed by atoms with van der Waals surface area (Å²) in [5.41, 5.74) is 0.286. The molecule has 104 valence electrons. The zero-order valence-electron chi connectivity index (χ0n) is 10.5. The van der Waals surface area contributed by atoms with Crippen LogP contribution in [0.25, 0.3) is 0 Å². The molecule has 0 bridgehead atoms. The number of carbonyl (C=O) groups is 2. The van der Waals surface area contributed by atoms with Crippen LogP contribution < -0.4 is 5.32 Å². The van der Waals surface area contributed by atoms with Crippen molar-refractivity contribution < 1.29 is 19.8 Å². The van der Waals surface area contributed by atoms with Crippen LogP contribution in [0.5, 0.6) is 5.75 Å². The van der Waals surface area contributed by atoms with Crippen LogP contribution in [0.3, 0.4) is 0 Å². The van der Waals surface area contributed by atoms with Gasteiger partial charge in [0.15, 0.2) is 0 Å². The summed E-state index contributed by atoms with van der Waals surface area (Å²) in [6.45, 7) is 1.92. The molecule has 5 nitrogen and oxygen atoms in total. The maximum Gasteiger partial charge on any atom is 0.305 e. The highest BCUT2D eigenvalue weighted by Crippen LogP contribution is 2.23. The molecule has 0 spiro atoms. The molecule has 0 saturated heterocycles. The number of carboxylic acids is 1. The van der Waals surface area contributed by atoms with E-state index in [-0.39, 0.29) is 22.8 Å². The van der Waals surface area contributed by atoms with E-state index in [1.807, 2.05) is 6.92 Å². The van der Waals surface area contributed by atoms with Gasteiger partial charge < -0.3 is 15.5 Å². The molecule has 0 fully saturated rings. The van der Waals surface area contributed by atoms with E-state index in [1.54, 1.807) is 0 Å². The number of hydrogen-bond acceptors (Lipinski definition) is 3. The summed E-state index contributed by atoms with van der Waals surface area (Å²) in [4.78, 5) is 22.6. The Labute approximate surface area is 116 Å². The van der Waals surface area contributed by atoms with Crippen LogP contribution in [0.2, 0.25) is 5.02 Å². The van der Waals surface area contributed by atoms with Crippen molar-refractivity contribution in [2.45, 2.75) is 32.2 Å². The van der Waals surface area contributed by atoms with Crippen molar-refractivity contribution in [3.8, 4) is 5.75 Å². The predicted molar refractivity (Wildman–Crippen MR) is 71.5 cm³/mol. The van der Waals surface area contributed by atoms with Gasteiger partial charge in [0.25, 0.3) is 5.91 Å². The third-order valence-corrected chi connectivity index (χ3v) is 2.91. The molecule has 0 heterocycles. The molecule has 1 atom stereocenters. The molecule has 1 unspecified atom stereocenters. The van der Waals surface area contributed by atoms with Gasteiger partial charge in [0.2, 0.25) is 0 Å². The first-order valence-electron chi connectivity index (χ1n) is 5.95. The molecule has 0 aliphatic rings. The molecule has 1 amide bonds. The molecule has 1 rings (SSSR count). The molecular formula is C13H16ClNO4. The Morgan fingerprint density at radius 1 is 1.42 bits per heavy atom. The van der Waals surface area contributed by atoms with Crippen molar-refractivity contribution >= 4 is 23.5 Å². The van der Waals surface area contributed by atoms with Gasteiger partial charge >= 0.3 is 5.97 Å². The van der Waals surface area contributed by atoms with E-state index in [1.165, 1.54) is 18.2 Å². The summed E-state index contributed by atoms with van der Waals surface area (Å²) in [5.74, 6) is -1.46. The van der Waals surface area contributed by atoms with Crippen LogP contribution in [-0.4, -0.2) is 28.1 Å². The Kier molecular flexibility index (Phi) is 5.63. The van der Waals surface area contributed by atoms with E-state index in [9.17, 15) is 14.7 Å². The molecular weight excluding hydrogens is 270 g/mol. The third-order valence-electron chi connectivity index (χ3n) is 2.60. The summed E-state index contributed by atoms with van der Waals surface area (Å²) < 4.78 is 0. The lowest BCUT2D eigenvalue weighted by Crippen LogP contribution is -2.36. The quantitative estimate of drug-likeness (QED) is 0.749. The second kappa shape index (κ2) is 6.99. The summed E-state index contributed by atoms with van der Waals surface area (Å²) in [5, 5.41) is 20.8. The van der Waals surface area contributed by atoms with Crippen LogP contribution in [0.4, 0.5) is 0 Å². The first-order chi connectivity index (χ1) is 8.93. The number of amides is 1. The van der Waals surface area contributed by atoms with Crippen molar-refractivity contribution in [1.82, 2.24) is 5.32 Å². The third kappa shape index (κ3) is 4.79. The molecule has 6 heteroatoms. The minimum Gasteiger partial charge on any atom is -0.506 e. The summed E-state index contributed by atoms with van der Waals surface area (Å²) >= 11 is 5.72. The van der Waals surface area contributed by atoms with Gasteiger partial charge in [-0.2, -0.15) is 0 Å². The van der Waals surface area contributed by atoms with E-state index in [0.717, 1.165) is 6.42 Å². The molecule has 1 aromatic carbocycles. The Balaban J connectivity index is 2.75. The fourth-order valence-electron chi connectivity index (χ4n) is 1.70. The van der Waals surface area contributed by atoms with E-state index < -0.39 is 17.9 Å². The molecule has 0 aliphatic carbocycles. The fourth-order valence-corrected chi connectivity index (χ4v) is 1.88. The van der Waals surface area contributed by atoms with Gasteiger partial charge in [-0.25, -0.2) is 0 Å². The minimum atomic E-state index is -0.956. The zero-order chi connectivity index (χ0) is 14.4. The highest BCUT2D eigenvalue weighted by Gasteiger charge is 2.16. The lowest BCUT2D eigenvalue weighted by atomic mass is 10.1. The number of hydrogen-bond donors (Lipinski definition) is 3. The van der Waals surface area contributed by atoms with Gasteiger partial charge in [0.1, 0.15) is 5.75 Å². The number of nitrogens with one attached hydrogen (secondary N) is 1. The zero-order valence-corrected chi connectivity index (χ0v) is 11.3. The molecule has 3 N–H and O–H groups in total. The van der Waals surface area contributed by atoms with Crippen molar-refractivity contribution in [2.24, 2.45) is 0 Å². The standard InChI is InChI=1S/C13H16ClNO4/c1-2-3-9(7-12(17)18)15-13(19)8-4-5-11(16)10(14)6-8/h4-6,9,16H,2-3,7H2,1H3,(H,15,19)(H,17,18). The maximum absolute atomic E-state index is 11.9. The highest BCUT2D eigenvalue weighted by molar-refractivity contribution is 6.32. The summed E-state index contributed by atoms with van der Waals surface area (Å²) in [6, 6.07) is 3.68. The van der Waals surface area contributed by atoms with Crippen LogP contribution in [0, 0.1) is 0 Å². The van der Waals surface area contributed by atoms with Crippen molar-refractivity contribution in [2.75, 3.05) is 0 Å². The van der Waals surface area contributed by atoms with Crippen LogP contribution in [0.15, 0.2) is 18.2 Å². The van der Waals surface area contributed by atoms with E-state index in [4.69, 9.17) is 16.7 Å². The first kappa shape index (κ1) is 15.3. The number of benzene rings is 1. The van der Waals surface area contributed by atoms with E-state index in [2.05, 4.69) is 5.32 Å². The highest BCUT2D eigenvalue weighted by atomic mass is 35.5. The minimum absolute atomic E-state index is 0.0814. The van der Waals surface area contributed by atoms with Gasteiger partial charge in [0.05, 0.1) is 11.4 Å². The molecule has 1 aromatic rings. The van der Waals surface area contributed by atoms with E-state index in [0.29, 0.717) is 6.42 Å². The number of phenolic OH excluding ortho intramolecular Hbond substituents is 1. The number of aliphatic carboxylic acids is 1. The summed E-state index contributed by atoms with van der Waals surface area (Å²) in [6.07, 6.45) is 1.24. The Morgan fingerprint density at radius 2 is 2.11 bits per heavy atom. The summed E-state index contributed by atoms with van der Waals surface area (Å²) in [7, 11) is 0. The topological polar surface area (TPSA) is 86.6 Å². The van der Waals surface area contributed by atoms with E-state index >= 15 is 0 Å². The predicted octanol–water partition coefficient (Wildman–Crippen LogP) is 2.42. The van der Waals surface area contributed by atoms with Gasteiger partial charge in [-0.15, -0.1) is 0 Å². The number of carbonyl (C=O) groups excluding carboxylic acids is 1. The molecule has 19 heavy (non-hydrogen) atoms. The Morgan fingerprint density at radius 3 is 2.63 bits per heavy atom. The van der Waals surface area contributed by atoms with Crippen LogP contribution >= 0.6 is 11.6 Å². The van der Waals surface area contributed by atoms with Gasteiger partial charge in [0, 0.05) is 11.6 Å². The molecule has 0 aliphatic heterocycles. The fraction of sp³-hybridized carbons (Fsp3) is 0.385. The average molecular weight is 286 g/mol. The van der Waals surface area contributed by atoms with Crippen molar-refractivity contribution in [3.63, 3.8) is 0 Å². The largest absolute Gasteiger partial charge is 0.506 e. The lowest BCUT2D eigenvalue weighted by Gasteiger charge is -2.16. The van der Waals surface area contributed by atoms with Crippen LogP contribution in [-0.2, 0) is 4.79 Å². The number of carboxylic acid groups (broad SMARTS) is 1. The molecule has 0 radical (unpaired) electrons. The van der Waals surface area contributed by atoms with Crippen molar-refractivity contribution in [1.29, 1.82) is 0 Å². The molecule has 0 aromatic heterocycles. The number of aromatic hydroxyl groups is 1. The monoisotopic (exact) mass is 285 g/mol. The maximum atomic E-state index is 11.9. The number of halogens is 1. The van der Waals surface area contributed by atoms with Gasteiger partial charge in [-0.3, -0.25) is 9.59 Å². The number of rotatable bonds is 6. The lowest BCUT2D eigenvalue weighted by molar-refractivity contribution is -0.137. The second-order valence-electron chi connectivity index (χ2n) is 4.22. The Hall–Kier alpha value is -1.75. The second-order valence-corrected chi connectivity index (χ2v) is 4.63. The van der Waals surface area contributed by atoms with Crippen molar-refractivity contribution in [3.05, 3.63) is 28.8 Å². The van der Waals surface area contributed by atoms with Gasteiger partial charge in [-0.1, -0.05) is 24.9 Å². The SMILES string of the molecule is CCCC(CC(=O)O)NC(=O)c1ccc(O)c(Cl)c1. The average Bonchev–Trinajstić information content (AvgIpc) is 2.32. The Bertz CT molecular complexity index is 476. The van der Waals surface area contributed by atoms with Crippen LogP contribution in [0.1, 0.15) is 36.5 Å². The molecule has 0 saturated carbocycles. The number of phenols is 1. The first-order valence-corrected chi connectivity index (χ1v) is 6.33. The smallest absolute Gasteiger partial charge is 0.305 e. The normalized spacial score (nSPS) is 11.9. The van der Waals surface area contributed by atoms with Gasteiger partial charge in [-0.05, 0) is 24.6 Å².